The van der Waals surface area contributed by atoms with Gasteiger partial charge in [-0.05, 0) is 6.07 Å². The molecule has 1 unspecified atom stereocenters. The molecule has 0 radical (unpaired) electrons. The van der Waals surface area contributed by atoms with Gasteiger partial charge in [0.1, 0.15) is 0 Å². The lowest BCUT2D eigenvalue weighted by atomic mass is 10.2. The Morgan fingerprint density at radius 3 is 2.72 bits per heavy atom. The predicted molar refractivity (Wildman–Crippen MR) is 64.1 cm³/mol. The van der Waals surface area contributed by atoms with Gasteiger partial charge in [0.15, 0.2) is 9.84 Å². The number of carboxylic acids is 1. The van der Waals surface area contributed by atoms with Crippen molar-refractivity contribution in [2.75, 3.05) is 23.0 Å². The Morgan fingerprint density at radius 1 is 1.44 bits per heavy atom. The maximum Gasteiger partial charge on any atom is 0.305 e. The molecule has 1 aromatic rings. The molecule has 0 spiro atoms. The van der Waals surface area contributed by atoms with E-state index in [2.05, 4.69) is 9.97 Å². The molecule has 0 aliphatic carbocycles. The molecule has 2 rings (SSSR count). The minimum atomic E-state index is -3.18. The van der Waals surface area contributed by atoms with Crippen LogP contribution in [-0.4, -0.2) is 53.6 Å². The first-order valence-electron chi connectivity index (χ1n) is 5.44. The van der Waals surface area contributed by atoms with Crippen LogP contribution in [0.5, 0.6) is 0 Å². The number of aromatic nitrogens is 2. The molecule has 1 aliphatic rings. The Kier molecular flexibility index (Phi) is 3.46. The lowest BCUT2D eigenvalue weighted by Gasteiger charge is -2.34. The van der Waals surface area contributed by atoms with E-state index in [1.54, 1.807) is 23.4 Å². The van der Waals surface area contributed by atoms with Gasteiger partial charge in [0.2, 0.25) is 5.95 Å². The van der Waals surface area contributed by atoms with E-state index in [9.17, 15) is 13.2 Å². The van der Waals surface area contributed by atoms with Gasteiger partial charge in [0, 0.05) is 18.9 Å². The Bertz CT molecular complexity index is 531. The molecule has 0 saturated carbocycles. The van der Waals surface area contributed by atoms with Crippen molar-refractivity contribution in [1.82, 2.24) is 9.97 Å². The van der Waals surface area contributed by atoms with E-state index in [-0.39, 0.29) is 24.5 Å². The van der Waals surface area contributed by atoms with Gasteiger partial charge in [-0.2, -0.15) is 0 Å². The molecule has 1 saturated heterocycles. The van der Waals surface area contributed by atoms with Crippen molar-refractivity contribution in [3.8, 4) is 0 Å². The first-order valence-corrected chi connectivity index (χ1v) is 7.26. The molecule has 0 amide bonds. The summed E-state index contributed by atoms with van der Waals surface area (Å²) in [6.45, 7) is 0.226. The molecule has 1 aromatic heterocycles. The Labute approximate surface area is 104 Å². The number of anilines is 1. The summed E-state index contributed by atoms with van der Waals surface area (Å²) in [5, 5.41) is 8.84. The highest BCUT2D eigenvalue weighted by Crippen LogP contribution is 2.19. The minimum absolute atomic E-state index is 0.00136. The molecule has 98 valence electrons. The molecule has 1 fully saturated rings. The van der Waals surface area contributed by atoms with Crippen LogP contribution in [0.4, 0.5) is 5.95 Å². The van der Waals surface area contributed by atoms with Gasteiger partial charge in [-0.3, -0.25) is 4.79 Å². The molecule has 0 bridgehead atoms. The third kappa shape index (κ3) is 2.95. The number of rotatable bonds is 3. The molecule has 7 nitrogen and oxygen atoms in total. The largest absolute Gasteiger partial charge is 0.481 e. The summed E-state index contributed by atoms with van der Waals surface area (Å²) < 4.78 is 23.1. The van der Waals surface area contributed by atoms with Crippen molar-refractivity contribution in [1.29, 1.82) is 0 Å². The van der Waals surface area contributed by atoms with Gasteiger partial charge >= 0.3 is 5.97 Å². The third-order valence-electron chi connectivity index (χ3n) is 2.75. The van der Waals surface area contributed by atoms with Crippen LogP contribution in [0.1, 0.15) is 6.42 Å². The third-order valence-corrected chi connectivity index (χ3v) is 4.45. The lowest BCUT2D eigenvalue weighted by Crippen LogP contribution is -2.50. The topological polar surface area (TPSA) is 100 Å². The van der Waals surface area contributed by atoms with Crippen LogP contribution in [0.15, 0.2) is 18.5 Å². The van der Waals surface area contributed by atoms with E-state index in [0.717, 1.165) is 0 Å². The zero-order chi connectivity index (χ0) is 13.2. The van der Waals surface area contributed by atoms with Crippen molar-refractivity contribution in [2.45, 2.75) is 12.5 Å². The van der Waals surface area contributed by atoms with Gasteiger partial charge in [0.05, 0.1) is 24.0 Å². The highest BCUT2D eigenvalue weighted by molar-refractivity contribution is 7.91. The molecule has 1 aliphatic heterocycles. The fourth-order valence-corrected chi connectivity index (χ4v) is 3.49. The van der Waals surface area contributed by atoms with Crippen LogP contribution >= 0.6 is 0 Å². The lowest BCUT2D eigenvalue weighted by molar-refractivity contribution is -0.137. The Balaban J connectivity index is 2.25. The van der Waals surface area contributed by atoms with Crippen molar-refractivity contribution in [2.24, 2.45) is 0 Å². The standard InChI is InChI=1S/C10H13N3O4S/c14-9(15)6-8-7-18(16,17)5-4-13(8)10-11-2-1-3-12-10/h1-3,8H,4-7H2,(H,14,15). The highest BCUT2D eigenvalue weighted by Gasteiger charge is 2.33. The Hall–Kier alpha value is -1.70. The maximum atomic E-state index is 11.6. The van der Waals surface area contributed by atoms with Crippen molar-refractivity contribution in [3.63, 3.8) is 0 Å². The first-order chi connectivity index (χ1) is 8.48. The minimum Gasteiger partial charge on any atom is -0.481 e. The zero-order valence-corrected chi connectivity index (χ0v) is 10.4. The normalized spacial score (nSPS) is 22.7. The molecule has 8 heteroatoms. The van der Waals surface area contributed by atoms with Crippen LogP contribution in [0.3, 0.4) is 0 Å². The second kappa shape index (κ2) is 4.89. The van der Waals surface area contributed by atoms with E-state index in [0.29, 0.717) is 5.95 Å². The average Bonchev–Trinajstić information content (AvgIpc) is 2.28. The van der Waals surface area contributed by atoms with Gasteiger partial charge in [-0.1, -0.05) is 0 Å². The van der Waals surface area contributed by atoms with E-state index in [4.69, 9.17) is 5.11 Å². The van der Waals surface area contributed by atoms with E-state index in [1.165, 1.54) is 0 Å². The maximum absolute atomic E-state index is 11.6. The molecular weight excluding hydrogens is 258 g/mol. The van der Waals surface area contributed by atoms with Crippen LogP contribution in [-0.2, 0) is 14.6 Å². The molecule has 1 atom stereocenters. The summed E-state index contributed by atoms with van der Waals surface area (Å²) in [5.74, 6) is -0.824. The van der Waals surface area contributed by atoms with Gasteiger partial charge in [-0.25, -0.2) is 18.4 Å². The van der Waals surface area contributed by atoms with E-state index in [1.807, 2.05) is 0 Å². The van der Waals surface area contributed by atoms with Crippen LogP contribution < -0.4 is 4.90 Å². The first kappa shape index (κ1) is 12.7. The van der Waals surface area contributed by atoms with Crippen LogP contribution in [0, 0.1) is 0 Å². The smallest absolute Gasteiger partial charge is 0.305 e. The monoisotopic (exact) mass is 271 g/mol. The SMILES string of the molecule is O=C(O)CC1CS(=O)(=O)CCN1c1ncccn1. The quantitative estimate of drug-likeness (QED) is 0.795. The number of hydrogen-bond donors (Lipinski definition) is 1. The summed E-state index contributed by atoms with van der Waals surface area (Å²) in [7, 11) is -3.18. The van der Waals surface area contributed by atoms with Gasteiger partial charge < -0.3 is 10.0 Å². The summed E-state index contributed by atoms with van der Waals surface area (Å²) in [5.41, 5.74) is 0. The highest BCUT2D eigenvalue weighted by atomic mass is 32.2. The number of sulfone groups is 1. The second-order valence-electron chi connectivity index (χ2n) is 4.11. The number of nitrogens with zero attached hydrogens (tertiary/aromatic N) is 3. The Morgan fingerprint density at radius 2 is 2.11 bits per heavy atom. The zero-order valence-electron chi connectivity index (χ0n) is 9.56. The second-order valence-corrected chi connectivity index (χ2v) is 6.34. The molecule has 2 heterocycles. The summed E-state index contributed by atoms with van der Waals surface area (Å²) in [6, 6.07) is 1.04. The van der Waals surface area contributed by atoms with Gasteiger partial charge in [0.25, 0.3) is 0 Å². The number of carbonyl (C=O) groups is 1. The molecule has 0 aromatic carbocycles. The predicted octanol–water partition coefficient (Wildman–Crippen LogP) is -0.445. The summed E-state index contributed by atoms with van der Waals surface area (Å²) in [6.07, 6.45) is 2.85. The summed E-state index contributed by atoms with van der Waals surface area (Å²) >= 11 is 0. The van der Waals surface area contributed by atoms with Crippen molar-refractivity contribution in [3.05, 3.63) is 18.5 Å². The number of hydrogen-bond acceptors (Lipinski definition) is 6. The number of carboxylic acid groups (broad SMARTS) is 1. The van der Waals surface area contributed by atoms with E-state index >= 15 is 0 Å². The fraction of sp³-hybridized carbons (Fsp3) is 0.500. The fourth-order valence-electron chi connectivity index (χ4n) is 1.96. The molecule has 1 N–H and O–H groups in total. The van der Waals surface area contributed by atoms with Gasteiger partial charge in [-0.15, -0.1) is 0 Å². The molecule has 18 heavy (non-hydrogen) atoms. The van der Waals surface area contributed by atoms with Crippen molar-refractivity contribution < 1.29 is 18.3 Å². The van der Waals surface area contributed by atoms with Crippen LogP contribution in [0.2, 0.25) is 0 Å². The average molecular weight is 271 g/mol. The molecular formula is C10H13N3O4S. The van der Waals surface area contributed by atoms with E-state index < -0.39 is 21.8 Å². The number of aliphatic carboxylic acids is 1. The van der Waals surface area contributed by atoms with Crippen LogP contribution in [0.25, 0.3) is 0 Å². The summed E-state index contributed by atoms with van der Waals surface area (Å²) in [4.78, 5) is 20.5. The van der Waals surface area contributed by atoms with Crippen molar-refractivity contribution >= 4 is 21.8 Å².